The van der Waals surface area contributed by atoms with Gasteiger partial charge in [-0.1, -0.05) is 184 Å². The molecule has 0 aliphatic heterocycles. The summed E-state index contributed by atoms with van der Waals surface area (Å²) in [6.45, 7) is 3.92. The normalized spacial score (nSPS) is 14.6. The second-order valence-electron chi connectivity index (χ2n) is 15.7. The Morgan fingerprint density at radius 3 is 1.26 bits per heavy atom. The van der Waals surface area contributed by atoms with E-state index < -0.39 is 36.9 Å². The molecule has 0 saturated heterocycles. The van der Waals surface area contributed by atoms with Crippen LogP contribution in [0.4, 0.5) is 0 Å². The number of carbonyl (C=O) groups excluding carboxylic acids is 1. The molecule has 0 rings (SSSR count). The van der Waals surface area contributed by atoms with Crippen molar-refractivity contribution < 1.29 is 25.2 Å². The molecule has 1 amide bonds. The molecule has 0 aromatic heterocycles. The first-order valence-electron chi connectivity index (χ1n) is 23.0. The van der Waals surface area contributed by atoms with Crippen LogP contribution >= 0.6 is 0 Å². The van der Waals surface area contributed by atoms with Gasteiger partial charge in [0.05, 0.1) is 18.8 Å². The molecule has 0 spiro atoms. The van der Waals surface area contributed by atoms with Gasteiger partial charge in [-0.3, -0.25) is 4.79 Å². The van der Waals surface area contributed by atoms with Gasteiger partial charge in [-0.05, 0) is 83.5 Å². The van der Waals surface area contributed by atoms with E-state index in [1.807, 2.05) is 0 Å². The Hall–Kier alpha value is -1.73. The summed E-state index contributed by atoms with van der Waals surface area (Å²) in [5.74, 6) is -0.603. The average Bonchev–Trinajstić information content (AvgIpc) is 3.18. The smallest absolute Gasteiger partial charge is 0.249 e. The van der Waals surface area contributed by atoms with E-state index in [4.69, 9.17) is 0 Å². The quantitative estimate of drug-likeness (QED) is 0.0315. The van der Waals surface area contributed by atoms with Crippen LogP contribution in [0.3, 0.4) is 0 Å². The highest BCUT2D eigenvalue weighted by molar-refractivity contribution is 5.80. The molecule has 4 atom stereocenters. The SMILES string of the molecule is CC/C=C/CC/C=C/CC/C=C/CCCC(O)C(O)C(CO)NC(=O)C(O)CCCCCCCCCCC/C=C\CCCCCCCCCCCCCC. The molecule has 6 heteroatoms. The van der Waals surface area contributed by atoms with Crippen LogP contribution in [0.25, 0.3) is 0 Å². The van der Waals surface area contributed by atoms with Crippen molar-refractivity contribution in [3.8, 4) is 0 Å². The molecule has 0 bridgehead atoms. The van der Waals surface area contributed by atoms with E-state index in [0.29, 0.717) is 19.3 Å². The lowest BCUT2D eigenvalue weighted by atomic mass is 10.00. The molecular weight excluding hydrogens is 671 g/mol. The minimum absolute atomic E-state index is 0.355. The van der Waals surface area contributed by atoms with E-state index >= 15 is 0 Å². The summed E-state index contributed by atoms with van der Waals surface area (Å²) in [6.07, 6.45) is 51.6. The zero-order valence-electron chi connectivity index (χ0n) is 35.5. The third-order valence-electron chi connectivity index (χ3n) is 10.5. The van der Waals surface area contributed by atoms with Gasteiger partial charge in [0.2, 0.25) is 5.91 Å². The summed E-state index contributed by atoms with van der Waals surface area (Å²) < 4.78 is 0. The molecular formula is C48H89NO5. The standard InChI is InChI=1S/C48H89NO5/c1-3-5-7-9-11-13-15-17-18-19-20-21-22-23-24-25-26-27-28-30-32-34-36-38-40-42-46(52)48(54)49-44(43-50)47(53)45(51)41-39-37-35-33-31-29-16-14-12-10-8-6-4-2/h6,8,14,16,23-24,33,35,44-47,50-53H,3-5,7,9-13,15,17-22,25-32,34,36-43H2,1-2H3,(H,49,54)/b8-6+,16-14+,24-23-,35-33+. The van der Waals surface area contributed by atoms with E-state index in [-0.39, 0.29) is 0 Å². The number of hydrogen-bond donors (Lipinski definition) is 5. The van der Waals surface area contributed by atoms with Crippen LogP contribution in [-0.2, 0) is 4.79 Å². The Kier molecular flexibility index (Phi) is 41.1. The first kappa shape index (κ1) is 52.3. The number of unbranched alkanes of at least 4 members (excludes halogenated alkanes) is 24. The Labute approximate surface area is 334 Å². The molecule has 0 radical (unpaired) electrons. The minimum Gasteiger partial charge on any atom is -0.394 e. The van der Waals surface area contributed by atoms with Crippen LogP contribution in [-0.4, -0.2) is 57.3 Å². The van der Waals surface area contributed by atoms with Crippen molar-refractivity contribution in [3.05, 3.63) is 48.6 Å². The first-order valence-corrected chi connectivity index (χ1v) is 23.0. The molecule has 0 aliphatic rings. The summed E-state index contributed by atoms with van der Waals surface area (Å²) in [4.78, 5) is 12.5. The molecule has 0 saturated carbocycles. The van der Waals surface area contributed by atoms with E-state index in [2.05, 4.69) is 67.8 Å². The molecule has 0 aliphatic carbocycles. The van der Waals surface area contributed by atoms with Crippen LogP contribution in [0.2, 0.25) is 0 Å². The fourth-order valence-electron chi connectivity index (χ4n) is 6.85. The number of allylic oxidation sites excluding steroid dienone is 8. The summed E-state index contributed by atoms with van der Waals surface area (Å²) in [5, 5.41) is 43.6. The topological polar surface area (TPSA) is 110 Å². The Morgan fingerprint density at radius 2 is 0.833 bits per heavy atom. The van der Waals surface area contributed by atoms with Crippen LogP contribution in [0.5, 0.6) is 0 Å². The predicted octanol–water partition coefficient (Wildman–Crippen LogP) is 12.3. The highest BCUT2D eigenvalue weighted by Crippen LogP contribution is 2.15. The van der Waals surface area contributed by atoms with E-state index in [9.17, 15) is 25.2 Å². The van der Waals surface area contributed by atoms with Gasteiger partial charge in [-0.25, -0.2) is 0 Å². The molecule has 0 aromatic rings. The van der Waals surface area contributed by atoms with E-state index in [1.54, 1.807) is 0 Å². The van der Waals surface area contributed by atoms with Gasteiger partial charge in [0.15, 0.2) is 0 Å². The zero-order chi connectivity index (χ0) is 39.6. The number of carbonyl (C=O) groups is 1. The number of amides is 1. The Morgan fingerprint density at radius 1 is 0.463 bits per heavy atom. The molecule has 0 aromatic carbocycles. The average molecular weight is 760 g/mol. The number of aliphatic hydroxyl groups is 4. The lowest BCUT2D eigenvalue weighted by Crippen LogP contribution is -2.53. The van der Waals surface area contributed by atoms with Crippen molar-refractivity contribution in [1.29, 1.82) is 0 Å². The summed E-state index contributed by atoms with van der Waals surface area (Å²) in [6, 6.07) is -1.01. The third kappa shape index (κ3) is 35.9. The van der Waals surface area contributed by atoms with Crippen molar-refractivity contribution in [2.75, 3.05) is 6.61 Å². The van der Waals surface area contributed by atoms with Crippen LogP contribution in [0, 0.1) is 0 Å². The monoisotopic (exact) mass is 760 g/mol. The fourth-order valence-corrected chi connectivity index (χ4v) is 6.85. The van der Waals surface area contributed by atoms with Crippen molar-refractivity contribution in [1.82, 2.24) is 5.32 Å². The van der Waals surface area contributed by atoms with Gasteiger partial charge < -0.3 is 25.7 Å². The highest BCUT2D eigenvalue weighted by atomic mass is 16.3. The fraction of sp³-hybridized carbons (Fsp3) is 0.812. The van der Waals surface area contributed by atoms with E-state index in [1.165, 1.54) is 128 Å². The molecule has 5 N–H and O–H groups in total. The van der Waals surface area contributed by atoms with Gasteiger partial charge in [-0.2, -0.15) is 0 Å². The Balaban J connectivity index is 3.72. The molecule has 316 valence electrons. The number of nitrogens with one attached hydrogen (secondary N) is 1. The van der Waals surface area contributed by atoms with Crippen molar-refractivity contribution in [3.63, 3.8) is 0 Å². The predicted molar refractivity (Wildman–Crippen MR) is 233 cm³/mol. The summed E-state index contributed by atoms with van der Waals surface area (Å²) in [5.41, 5.74) is 0. The first-order chi connectivity index (χ1) is 26.5. The third-order valence-corrected chi connectivity index (χ3v) is 10.5. The molecule has 4 unspecified atom stereocenters. The van der Waals surface area contributed by atoms with Gasteiger partial charge in [0.1, 0.15) is 12.2 Å². The maximum absolute atomic E-state index is 12.5. The Bertz CT molecular complexity index is 900. The van der Waals surface area contributed by atoms with Crippen molar-refractivity contribution >= 4 is 5.91 Å². The summed E-state index contributed by atoms with van der Waals surface area (Å²) in [7, 11) is 0. The largest absolute Gasteiger partial charge is 0.394 e. The van der Waals surface area contributed by atoms with Crippen molar-refractivity contribution in [2.24, 2.45) is 0 Å². The van der Waals surface area contributed by atoms with Crippen LogP contribution in [0.15, 0.2) is 48.6 Å². The van der Waals surface area contributed by atoms with Crippen LogP contribution < -0.4 is 5.32 Å². The second kappa shape index (κ2) is 42.4. The van der Waals surface area contributed by atoms with Gasteiger partial charge in [0.25, 0.3) is 0 Å². The maximum Gasteiger partial charge on any atom is 0.249 e. The number of rotatable bonds is 41. The lowest BCUT2D eigenvalue weighted by molar-refractivity contribution is -0.132. The minimum atomic E-state index is -1.29. The van der Waals surface area contributed by atoms with Gasteiger partial charge in [-0.15, -0.1) is 0 Å². The van der Waals surface area contributed by atoms with Gasteiger partial charge >= 0.3 is 0 Å². The maximum atomic E-state index is 12.5. The summed E-state index contributed by atoms with van der Waals surface area (Å²) >= 11 is 0. The number of hydrogen-bond acceptors (Lipinski definition) is 5. The zero-order valence-corrected chi connectivity index (χ0v) is 35.5. The van der Waals surface area contributed by atoms with Gasteiger partial charge in [0, 0.05) is 0 Å². The molecule has 0 fully saturated rings. The van der Waals surface area contributed by atoms with E-state index in [0.717, 1.165) is 57.8 Å². The van der Waals surface area contributed by atoms with Crippen LogP contribution in [0.1, 0.15) is 219 Å². The lowest BCUT2D eigenvalue weighted by Gasteiger charge is -2.27. The molecule has 6 nitrogen and oxygen atoms in total. The highest BCUT2D eigenvalue weighted by Gasteiger charge is 2.28. The molecule has 54 heavy (non-hydrogen) atoms. The van der Waals surface area contributed by atoms with Crippen molar-refractivity contribution in [2.45, 2.75) is 244 Å². The number of aliphatic hydroxyl groups excluding tert-OH is 4. The second-order valence-corrected chi connectivity index (χ2v) is 15.7. The molecule has 0 heterocycles.